The number of anilines is 2. The van der Waals surface area contributed by atoms with E-state index in [0.717, 1.165) is 22.5 Å². The number of urea groups is 1. The van der Waals surface area contributed by atoms with E-state index in [0.29, 0.717) is 13.1 Å². The van der Waals surface area contributed by atoms with Crippen LogP contribution in [0.25, 0.3) is 0 Å². The standard InChI is InChI=1S/C17H21N3O/c1-3-20(16-6-4-5-13(2)11-16)17(21)19-15-9-7-14(12-18)8-10-15/h4-11H,3,12,18H2,1-2H3,(H,19,21). The first kappa shape index (κ1) is 15.1. The van der Waals surface area contributed by atoms with Crippen LogP contribution in [0.4, 0.5) is 16.2 Å². The third-order valence-electron chi connectivity index (χ3n) is 3.32. The summed E-state index contributed by atoms with van der Waals surface area (Å²) in [6.45, 7) is 5.08. The van der Waals surface area contributed by atoms with Gasteiger partial charge in [-0.3, -0.25) is 4.90 Å². The number of nitrogens with one attached hydrogen (secondary N) is 1. The van der Waals surface area contributed by atoms with E-state index in [1.165, 1.54) is 0 Å². The van der Waals surface area contributed by atoms with Gasteiger partial charge >= 0.3 is 6.03 Å². The molecule has 0 radical (unpaired) electrons. The van der Waals surface area contributed by atoms with E-state index >= 15 is 0 Å². The Morgan fingerprint density at radius 2 is 1.90 bits per heavy atom. The summed E-state index contributed by atoms with van der Waals surface area (Å²) >= 11 is 0. The number of carbonyl (C=O) groups excluding carboxylic acids is 1. The van der Waals surface area contributed by atoms with Crippen molar-refractivity contribution < 1.29 is 4.79 Å². The van der Waals surface area contributed by atoms with Crippen LogP contribution in [0, 0.1) is 6.92 Å². The van der Waals surface area contributed by atoms with Crippen molar-refractivity contribution in [3.63, 3.8) is 0 Å². The van der Waals surface area contributed by atoms with E-state index in [1.54, 1.807) is 4.90 Å². The van der Waals surface area contributed by atoms with Crippen molar-refractivity contribution >= 4 is 17.4 Å². The zero-order valence-corrected chi connectivity index (χ0v) is 12.5. The molecule has 21 heavy (non-hydrogen) atoms. The first-order chi connectivity index (χ1) is 10.1. The number of hydrogen-bond acceptors (Lipinski definition) is 2. The molecular weight excluding hydrogens is 262 g/mol. The van der Waals surface area contributed by atoms with Crippen molar-refractivity contribution in [2.45, 2.75) is 20.4 Å². The van der Waals surface area contributed by atoms with Crippen molar-refractivity contribution in [3.8, 4) is 0 Å². The van der Waals surface area contributed by atoms with Gasteiger partial charge < -0.3 is 11.1 Å². The molecule has 2 aromatic carbocycles. The Morgan fingerprint density at radius 3 is 2.48 bits per heavy atom. The number of amides is 2. The number of rotatable bonds is 4. The molecule has 0 unspecified atom stereocenters. The predicted molar refractivity (Wildman–Crippen MR) is 87.6 cm³/mol. The van der Waals surface area contributed by atoms with E-state index in [4.69, 9.17) is 5.73 Å². The first-order valence-corrected chi connectivity index (χ1v) is 7.08. The van der Waals surface area contributed by atoms with Gasteiger partial charge in [-0.1, -0.05) is 24.3 Å². The smallest absolute Gasteiger partial charge is 0.326 e. The molecule has 0 aliphatic carbocycles. The third kappa shape index (κ3) is 3.83. The topological polar surface area (TPSA) is 58.4 Å². The highest BCUT2D eigenvalue weighted by Gasteiger charge is 2.13. The van der Waals surface area contributed by atoms with Gasteiger partial charge in [-0.05, 0) is 49.2 Å². The van der Waals surface area contributed by atoms with Crippen LogP contribution in [0.5, 0.6) is 0 Å². The van der Waals surface area contributed by atoms with Crippen LogP contribution in [-0.2, 0) is 6.54 Å². The second kappa shape index (κ2) is 6.90. The van der Waals surface area contributed by atoms with E-state index in [2.05, 4.69) is 5.32 Å². The maximum Gasteiger partial charge on any atom is 0.326 e. The van der Waals surface area contributed by atoms with Crippen molar-refractivity contribution in [1.29, 1.82) is 0 Å². The molecule has 0 spiro atoms. The van der Waals surface area contributed by atoms with Crippen LogP contribution in [0.3, 0.4) is 0 Å². The molecule has 0 saturated heterocycles. The van der Waals surface area contributed by atoms with Crippen molar-refractivity contribution in [3.05, 3.63) is 59.7 Å². The van der Waals surface area contributed by atoms with Gasteiger partial charge in [0, 0.05) is 24.5 Å². The summed E-state index contributed by atoms with van der Waals surface area (Å²) in [5.41, 5.74) is 9.40. The fourth-order valence-electron chi connectivity index (χ4n) is 2.15. The average Bonchev–Trinajstić information content (AvgIpc) is 2.49. The molecule has 2 rings (SSSR count). The minimum Gasteiger partial charge on any atom is -0.326 e. The Balaban J connectivity index is 2.12. The normalized spacial score (nSPS) is 10.2. The molecule has 0 bridgehead atoms. The Hall–Kier alpha value is -2.33. The van der Waals surface area contributed by atoms with Gasteiger partial charge in [0.15, 0.2) is 0 Å². The molecular formula is C17H21N3O. The summed E-state index contributed by atoms with van der Waals surface area (Å²) in [6.07, 6.45) is 0. The maximum atomic E-state index is 12.4. The lowest BCUT2D eigenvalue weighted by Crippen LogP contribution is -2.34. The molecule has 2 aromatic rings. The Labute approximate surface area is 125 Å². The molecule has 0 heterocycles. The van der Waals surface area contributed by atoms with Crippen LogP contribution >= 0.6 is 0 Å². The summed E-state index contributed by atoms with van der Waals surface area (Å²) in [4.78, 5) is 14.1. The maximum absolute atomic E-state index is 12.4. The minimum atomic E-state index is -0.136. The molecule has 3 N–H and O–H groups in total. The number of nitrogens with two attached hydrogens (primary N) is 1. The van der Waals surface area contributed by atoms with E-state index in [1.807, 2.05) is 62.4 Å². The largest absolute Gasteiger partial charge is 0.326 e. The molecule has 0 aliphatic rings. The van der Waals surface area contributed by atoms with Crippen LogP contribution in [0.1, 0.15) is 18.1 Å². The number of benzene rings is 2. The quantitative estimate of drug-likeness (QED) is 0.902. The van der Waals surface area contributed by atoms with Gasteiger partial charge in [0.1, 0.15) is 0 Å². The van der Waals surface area contributed by atoms with Gasteiger partial charge in [-0.25, -0.2) is 4.79 Å². The number of aryl methyl sites for hydroxylation is 1. The zero-order valence-electron chi connectivity index (χ0n) is 12.5. The van der Waals surface area contributed by atoms with Crippen LogP contribution < -0.4 is 16.0 Å². The summed E-state index contributed by atoms with van der Waals surface area (Å²) in [6, 6.07) is 15.3. The van der Waals surface area contributed by atoms with Gasteiger partial charge in [0.2, 0.25) is 0 Å². The van der Waals surface area contributed by atoms with Gasteiger partial charge in [0.25, 0.3) is 0 Å². The van der Waals surface area contributed by atoms with Crippen molar-refractivity contribution in [2.24, 2.45) is 5.73 Å². The minimum absolute atomic E-state index is 0.136. The van der Waals surface area contributed by atoms with Gasteiger partial charge in [-0.2, -0.15) is 0 Å². The van der Waals surface area contributed by atoms with Crippen LogP contribution in [0.15, 0.2) is 48.5 Å². The molecule has 0 aliphatic heterocycles. The SMILES string of the molecule is CCN(C(=O)Nc1ccc(CN)cc1)c1cccc(C)c1. The summed E-state index contributed by atoms with van der Waals surface area (Å²) in [5.74, 6) is 0. The highest BCUT2D eigenvalue weighted by Crippen LogP contribution is 2.17. The van der Waals surface area contributed by atoms with E-state index < -0.39 is 0 Å². The zero-order chi connectivity index (χ0) is 15.2. The monoisotopic (exact) mass is 283 g/mol. The molecule has 0 aromatic heterocycles. The lowest BCUT2D eigenvalue weighted by atomic mass is 10.2. The second-order valence-corrected chi connectivity index (χ2v) is 4.91. The number of nitrogens with zero attached hydrogens (tertiary/aromatic N) is 1. The van der Waals surface area contributed by atoms with Crippen LogP contribution in [0.2, 0.25) is 0 Å². The summed E-state index contributed by atoms with van der Waals surface area (Å²) in [7, 11) is 0. The third-order valence-corrected chi connectivity index (χ3v) is 3.32. The highest BCUT2D eigenvalue weighted by molar-refractivity contribution is 6.01. The Bertz CT molecular complexity index is 608. The summed E-state index contributed by atoms with van der Waals surface area (Å²) < 4.78 is 0. The highest BCUT2D eigenvalue weighted by atomic mass is 16.2. The molecule has 4 nitrogen and oxygen atoms in total. The average molecular weight is 283 g/mol. The molecule has 2 amide bonds. The molecule has 110 valence electrons. The van der Waals surface area contributed by atoms with E-state index in [-0.39, 0.29) is 6.03 Å². The molecule has 0 fully saturated rings. The van der Waals surface area contributed by atoms with Gasteiger partial charge in [-0.15, -0.1) is 0 Å². The lowest BCUT2D eigenvalue weighted by molar-refractivity contribution is 0.257. The van der Waals surface area contributed by atoms with Crippen molar-refractivity contribution in [2.75, 3.05) is 16.8 Å². The first-order valence-electron chi connectivity index (χ1n) is 7.08. The Kier molecular flexibility index (Phi) is 4.95. The number of hydrogen-bond donors (Lipinski definition) is 2. The van der Waals surface area contributed by atoms with Crippen molar-refractivity contribution in [1.82, 2.24) is 0 Å². The van der Waals surface area contributed by atoms with E-state index in [9.17, 15) is 4.79 Å². The molecule has 4 heteroatoms. The molecule has 0 atom stereocenters. The van der Waals surface area contributed by atoms with Crippen LogP contribution in [-0.4, -0.2) is 12.6 Å². The summed E-state index contributed by atoms with van der Waals surface area (Å²) in [5, 5.41) is 2.91. The fraction of sp³-hybridized carbons (Fsp3) is 0.235. The second-order valence-electron chi connectivity index (χ2n) is 4.91. The van der Waals surface area contributed by atoms with Gasteiger partial charge in [0.05, 0.1) is 0 Å². The fourth-order valence-corrected chi connectivity index (χ4v) is 2.15. The lowest BCUT2D eigenvalue weighted by Gasteiger charge is -2.22. The number of carbonyl (C=O) groups is 1. The Morgan fingerprint density at radius 1 is 1.19 bits per heavy atom. The predicted octanol–water partition coefficient (Wildman–Crippen LogP) is 3.51. The molecule has 0 saturated carbocycles.